The van der Waals surface area contributed by atoms with Crippen LogP contribution in [0.15, 0.2) is 119 Å². The molecule has 0 saturated carbocycles. The molecule has 190 valence electrons. The molecule has 0 N–H and O–H groups in total. The van der Waals surface area contributed by atoms with Gasteiger partial charge in [0.25, 0.3) is 11.8 Å². The predicted octanol–water partition coefficient (Wildman–Crippen LogP) is 6.03. The molecule has 0 spiro atoms. The Morgan fingerprint density at radius 2 is 0.800 bits per heavy atom. The van der Waals surface area contributed by atoms with Gasteiger partial charge in [0, 0.05) is 47.0 Å². The average molecular weight is 523 g/mol. The van der Waals surface area contributed by atoms with E-state index in [4.69, 9.17) is 8.83 Å². The van der Waals surface area contributed by atoms with Crippen molar-refractivity contribution in [2.45, 2.75) is 0 Å². The van der Waals surface area contributed by atoms with Gasteiger partial charge >= 0.3 is 0 Å². The summed E-state index contributed by atoms with van der Waals surface area (Å²) in [5.74, 6) is 1.40. The first kappa shape index (κ1) is 23.2. The normalized spacial score (nSPS) is 11.0. The van der Waals surface area contributed by atoms with Crippen LogP contribution in [0, 0.1) is 0 Å². The monoisotopic (exact) mass is 522 g/mol. The SMILES string of the molecule is c1cncc(-c2cccc(-c3nnc(-c4ccc(-c5nnc(-c6cccc(-c7cccnc7)n6)o5)cc4)o3)n2)c1. The van der Waals surface area contributed by atoms with Crippen LogP contribution in [0.3, 0.4) is 0 Å². The third kappa shape index (κ3) is 4.61. The molecule has 10 nitrogen and oxygen atoms in total. The summed E-state index contributed by atoms with van der Waals surface area (Å²) in [5.41, 5.74) is 6.00. The van der Waals surface area contributed by atoms with Crippen LogP contribution in [0.1, 0.15) is 0 Å². The Labute approximate surface area is 227 Å². The molecule has 0 aliphatic heterocycles. The molecular formula is C30H18N8O2. The molecular weight excluding hydrogens is 504 g/mol. The van der Waals surface area contributed by atoms with Crippen molar-refractivity contribution in [2.75, 3.05) is 0 Å². The van der Waals surface area contributed by atoms with Crippen molar-refractivity contribution < 1.29 is 8.83 Å². The third-order valence-corrected chi connectivity index (χ3v) is 6.08. The maximum absolute atomic E-state index is 5.94. The molecule has 10 heteroatoms. The van der Waals surface area contributed by atoms with Crippen molar-refractivity contribution in [3.8, 4) is 68.6 Å². The van der Waals surface area contributed by atoms with Gasteiger partial charge in [0.15, 0.2) is 0 Å². The number of aromatic nitrogens is 8. The lowest BCUT2D eigenvalue weighted by Gasteiger charge is -2.01. The van der Waals surface area contributed by atoms with Crippen molar-refractivity contribution in [3.05, 3.63) is 110 Å². The van der Waals surface area contributed by atoms with Gasteiger partial charge in [-0.05, 0) is 72.8 Å². The highest BCUT2D eigenvalue weighted by Crippen LogP contribution is 2.29. The summed E-state index contributed by atoms with van der Waals surface area (Å²) < 4.78 is 11.9. The smallest absolute Gasteiger partial charge is 0.266 e. The topological polar surface area (TPSA) is 129 Å². The van der Waals surface area contributed by atoms with Gasteiger partial charge in [0.05, 0.1) is 11.4 Å². The maximum atomic E-state index is 5.94. The quantitative estimate of drug-likeness (QED) is 0.255. The van der Waals surface area contributed by atoms with Gasteiger partial charge in [-0.1, -0.05) is 12.1 Å². The molecule has 0 bridgehead atoms. The second-order valence-corrected chi connectivity index (χ2v) is 8.70. The van der Waals surface area contributed by atoms with E-state index in [0.717, 1.165) is 33.6 Å². The standard InChI is InChI=1S/C30H18N8O2/c1-7-23(21-5-3-15-31-17-21)33-25(9-1)29-37-35-27(39-29)19-11-13-20(14-12-19)28-36-38-30(40-28)26-10-2-8-24(34-26)22-6-4-16-32-18-22/h1-18H. The zero-order valence-corrected chi connectivity index (χ0v) is 20.8. The molecule has 1 aromatic carbocycles. The van der Waals surface area contributed by atoms with Crippen molar-refractivity contribution in [2.24, 2.45) is 0 Å². The number of pyridine rings is 4. The Balaban J connectivity index is 1.11. The van der Waals surface area contributed by atoms with E-state index >= 15 is 0 Å². The van der Waals surface area contributed by atoms with Gasteiger partial charge in [-0.15, -0.1) is 20.4 Å². The maximum Gasteiger partial charge on any atom is 0.266 e. The summed E-state index contributed by atoms with van der Waals surface area (Å²) in [5, 5.41) is 16.8. The lowest BCUT2D eigenvalue weighted by Crippen LogP contribution is -1.88. The van der Waals surface area contributed by atoms with Gasteiger partial charge in [-0.2, -0.15) is 0 Å². The van der Waals surface area contributed by atoms with Gasteiger partial charge in [0.1, 0.15) is 11.4 Å². The van der Waals surface area contributed by atoms with Gasteiger partial charge < -0.3 is 8.83 Å². The van der Waals surface area contributed by atoms with Crippen LogP contribution in [-0.2, 0) is 0 Å². The van der Waals surface area contributed by atoms with Crippen molar-refractivity contribution in [1.82, 2.24) is 40.3 Å². The lowest BCUT2D eigenvalue weighted by molar-refractivity contribution is 0.580. The van der Waals surface area contributed by atoms with E-state index in [1.165, 1.54) is 0 Å². The van der Waals surface area contributed by atoms with E-state index in [-0.39, 0.29) is 0 Å². The van der Waals surface area contributed by atoms with E-state index < -0.39 is 0 Å². The molecule has 0 saturated heterocycles. The Hall–Kier alpha value is -5.90. The summed E-state index contributed by atoms with van der Waals surface area (Å²) >= 11 is 0. The first-order valence-electron chi connectivity index (χ1n) is 12.3. The highest BCUT2D eigenvalue weighted by Gasteiger charge is 2.15. The minimum Gasteiger partial charge on any atom is -0.415 e. The molecule has 7 aromatic rings. The highest BCUT2D eigenvalue weighted by molar-refractivity contribution is 5.65. The van der Waals surface area contributed by atoms with Crippen LogP contribution in [0.2, 0.25) is 0 Å². The zero-order chi connectivity index (χ0) is 26.7. The van der Waals surface area contributed by atoms with Crippen molar-refractivity contribution in [1.29, 1.82) is 0 Å². The van der Waals surface area contributed by atoms with E-state index in [9.17, 15) is 0 Å². The van der Waals surface area contributed by atoms with Gasteiger partial charge in [-0.3, -0.25) is 9.97 Å². The summed E-state index contributed by atoms with van der Waals surface area (Å²) in [6, 6.07) is 26.3. The average Bonchev–Trinajstić information content (AvgIpc) is 3.74. The summed E-state index contributed by atoms with van der Waals surface area (Å²) in [4.78, 5) is 17.6. The van der Waals surface area contributed by atoms with Crippen LogP contribution in [0.25, 0.3) is 68.6 Å². The van der Waals surface area contributed by atoms with Crippen LogP contribution in [0.4, 0.5) is 0 Å². The number of benzene rings is 1. The predicted molar refractivity (Wildman–Crippen MR) is 146 cm³/mol. The number of nitrogens with zero attached hydrogens (tertiary/aromatic N) is 8. The largest absolute Gasteiger partial charge is 0.415 e. The van der Waals surface area contributed by atoms with Crippen LogP contribution < -0.4 is 0 Å². The first-order chi connectivity index (χ1) is 19.8. The van der Waals surface area contributed by atoms with Crippen LogP contribution in [0.5, 0.6) is 0 Å². The molecule has 0 aliphatic rings. The fourth-order valence-corrected chi connectivity index (χ4v) is 4.10. The molecule has 7 rings (SSSR count). The fraction of sp³-hybridized carbons (Fsp3) is 0. The molecule has 0 aliphatic carbocycles. The molecule has 0 amide bonds. The zero-order valence-electron chi connectivity index (χ0n) is 20.8. The second kappa shape index (κ2) is 10.1. The molecule has 0 fully saturated rings. The Kier molecular flexibility index (Phi) is 5.87. The van der Waals surface area contributed by atoms with E-state index in [2.05, 4.69) is 40.3 Å². The molecule has 0 unspecified atom stereocenters. The Morgan fingerprint density at radius 3 is 1.23 bits per heavy atom. The lowest BCUT2D eigenvalue weighted by atomic mass is 10.1. The number of rotatable bonds is 6. The van der Waals surface area contributed by atoms with E-state index in [1.54, 1.807) is 24.8 Å². The van der Waals surface area contributed by atoms with E-state index in [1.807, 2.05) is 84.9 Å². The first-order valence-corrected chi connectivity index (χ1v) is 12.3. The number of hydrogen-bond acceptors (Lipinski definition) is 10. The Bertz CT molecular complexity index is 1760. The summed E-state index contributed by atoms with van der Waals surface area (Å²) in [6.07, 6.45) is 6.96. The summed E-state index contributed by atoms with van der Waals surface area (Å²) in [6.45, 7) is 0. The van der Waals surface area contributed by atoms with Gasteiger partial charge in [0.2, 0.25) is 11.8 Å². The fourth-order valence-electron chi connectivity index (χ4n) is 4.10. The molecule has 6 heterocycles. The van der Waals surface area contributed by atoms with Crippen molar-refractivity contribution in [3.63, 3.8) is 0 Å². The minimum atomic E-state index is 0.326. The van der Waals surface area contributed by atoms with Crippen LogP contribution >= 0.6 is 0 Å². The van der Waals surface area contributed by atoms with Crippen LogP contribution in [-0.4, -0.2) is 40.3 Å². The van der Waals surface area contributed by atoms with Crippen molar-refractivity contribution >= 4 is 0 Å². The van der Waals surface area contributed by atoms with Gasteiger partial charge in [-0.25, -0.2) is 9.97 Å². The molecule has 0 radical (unpaired) electrons. The third-order valence-electron chi connectivity index (χ3n) is 6.08. The Morgan fingerprint density at radius 1 is 0.375 bits per heavy atom. The second-order valence-electron chi connectivity index (χ2n) is 8.70. The summed E-state index contributed by atoms with van der Waals surface area (Å²) in [7, 11) is 0. The number of hydrogen-bond donors (Lipinski definition) is 0. The molecule has 0 atom stereocenters. The minimum absolute atomic E-state index is 0.326. The van der Waals surface area contributed by atoms with E-state index in [0.29, 0.717) is 35.0 Å². The highest BCUT2D eigenvalue weighted by atomic mass is 16.4. The molecule has 40 heavy (non-hydrogen) atoms. The molecule has 6 aromatic heterocycles.